The lowest BCUT2D eigenvalue weighted by Gasteiger charge is -2.11. The second-order valence-electron chi connectivity index (χ2n) is 7.74. The third-order valence-electron chi connectivity index (χ3n) is 5.50. The van der Waals surface area contributed by atoms with E-state index in [9.17, 15) is 19.7 Å². The van der Waals surface area contributed by atoms with Crippen molar-refractivity contribution in [2.45, 2.75) is 6.42 Å². The highest BCUT2D eigenvalue weighted by Gasteiger charge is 2.13. The van der Waals surface area contributed by atoms with Gasteiger partial charge in [0.2, 0.25) is 0 Å². The number of nitro groups is 1. The Labute approximate surface area is 205 Å². The SMILES string of the molecule is COc1ccc(C(=O)Nc2ccc3c(CC=Cc4ccc([N+](=O)[O-])cc4)n[nH]c(=O)c3c2)cc1OC. The number of aromatic nitrogens is 2. The molecular weight excluding hydrogens is 464 g/mol. The minimum absolute atomic E-state index is 0.0227. The van der Waals surface area contributed by atoms with Gasteiger partial charge in [-0.3, -0.25) is 19.7 Å². The molecule has 10 heteroatoms. The number of methoxy groups -OCH3 is 2. The van der Waals surface area contributed by atoms with Gasteiger partial charge in [-0.1, -0.05) is 18.2 Å². The molecule has 182 valence electrons. The van der Waals surface area contributed by atoms with Crippen LogP contribution in [-0.4, -0.2) is 35.2 Å². The molecule has 0 aliphatic heterocycles. The van der Waals surface area contributed by atoms with E-state index in [0.29, 0.717) is 45.6 Å². The third kappa shape index (κ3) is 5.22. The van der Waals surface area contributed by atoms with Gasteiger partial charge in [0.25, 0.3) is 17.2 Å². The average Bonchev–Trinajstić information content (AvgIpc) is 2.90. The maximum absolute atomic E-state index is 12.8. The maximum atomic E-state index is 12.8. The van der Waals surface area contributed by atoms with Crippen LogP contribution in [0, 0.1) is 10.1 Å². The zero-order chi connectivity index (χ0) is 25.7. The number of hydrogen-bond acceptors (Lipinski definition) is 7. The van der Waals surface area contributed by atoms with E-state index in [0.717, 1.165) is 5.56 Å². The number of fused-ring (bicyclic) bond motifs is 1. The summed E-state index contributed by atoms with van der Waals surface area (Å²) >= 11 is 0. The Morgan fingerprint density at radius 2 is 1.78 bits per heavy atom. The number of benzene rings is 3. The van der Waals surface area contributed by atoms with Crippen LogP contribution < -0.4 is 20.3 Å². The smallest absolute Gasteiger partial charge is 0.272 e. The summed E-state index contributed by atoms with van der Waals surface area (Å²) in [5.41, 5.74) is 1.90. The van der Waals surface area contributed by atoms with Gasteiger partial charge in [-0.25, -0.2) is 5.10 Å². The molecule has 4 rings (SSSR count). The number of aromatic amines is 1. The van der Waals surface area contributed by atoms with Crippen LogP contribution in [0.1, 0.15) is 21.6 Å². The van der Waals surface area contributed by atoms with Gasteiger partial charge in [0, 0.05) is 35.2 Å². The molecule has 4 aromatic rings. The molecule has 1 amide bonds. The van der Waals surface area contributed by atoms with Crippen molar-refractivity contribution in [3.8, 4) is 11.5 Å². The fourth-order valence-corrected chi connectivity index (χ4v) is 3.65. The molecule has 0 aliphatic carbocycles. The number of ether oxygens (including phenoxy) is 2. The largest absolute Gasteiger partial charge is 0.493 e. The number of carbonyl (C=O) groups excluding carboxylic acids is 1. The van der Waals surface area contributed by atoms with Gasteiger partial charge < -0.3 is 14.8 Å². The summed E-state index contributed by atoms with van der Waals surface area (Å²) in [6.45, 7) is 0. The third-order valence-corrected chi connectivity index (χ3v) is 5.50. The Morgan fingerprint density at radius 1 is 1.03 bits per heavy atom. The maximum Gasteiger partial charge on any atom is 0.272 e. The molecule has 0 bridgehead atoms. The number of H-pyrrole nitrogens is 1. The Hall–Kier alpha value is -4.99. The number of nitro benzene ring substituents is 1. The molecule has 0 fully saturated rings. The Kier molecular flexibility index (Phi) is 7.05. The molecule has 1 aromatic heterocycles. The van der Waals surface area contributed by atoms with E-state index < -0.39 is 4.92 Å². The number of non-ortho nitro benzene ring substituents is 1. The second kappa shape index (κ2) is 10.5. The zero-order valence-electron chi connectivity index (χ0n) is 19.5. The van der Waals surface area contributed by atoms with Gasteiger partial charge in [0.05, 0.1) is 30.2 Å². The molecule has 36 heavy (non-hydrogen) atoms. The van der Waals surface area contributed by atoms with Gasteiger partial charge in [0.1, 0.15) is 0 Å². The Morgan fingerprint density at radius 3 is 2.47 bits per heavy atom. The minimum Gasteiger partial charge on any atom is -0.493 e. The summed E-state index contributed by atoms with van der Waals surface area (Å²) in [5, 5.41) is 21.3. The van der Waals surface area contributed by atoms with E-state index in [4.69, 9.17) is 9.47 Å². The number of hydrogen-bond donors (Lipinski definition) is 2. The molecule has 0 unspecified atom stereocenters. The van der Waals surface area contributed by atoms with E-state index in [1.54, 1.807) is 48.5 Å². The van der Waals surface area contributed by atoms with Crippen LogP contribution in [0.3, 0.4) is 0 Å². The number of nitrogens with zero attached hydrogens (tertiary/aromatic N) is 2. The van der Waals surface area contributed by atoms with E-state index >= 15 is 0 Å². The molecule has 0 saturated carbocycles. The summed E-state index contributed by atoms with van der Waals surface area (Å²) in [6.07, 6.45) is 4.09. The van der Waals surface area contributed by atoms with Crippen molar-refractivity contribution in [2.75, 3.05) is 19.5 Å². The van der Waals surface area contributed by atoms with Gasteiger partial charge in [0.15, 0.2) is 11.5 Å². The fourth-order valence-electron chi connectivity index (χ4n) is 3.65. The molecule has 0 radical (unpaired) electrons. The molecule has 10 nitrogen and oxygen atoms in total. The zero-order valence-corrected chi connectivity index (χ0v) is 19.5. The van der Waals surface area contributed by atoms with Crippen molar-refractivity contribution >= 4 is 34.1 Å². The molecule has 3 aromatic carbocycles. The van der Waals surface area contributed by atoms with Crippen LogP contribution in [-0.2, 0) is 6.42 Å². The van der Waals surface area contributed by atoms with Gasteiger partial charge >= 0.3 is 0 Å². The summed E-state index contributed by atoms with van der Waals surface area (Å²) in [4.78, 5) is 35.5. The summed E-state index contributed by atoms with van der Waals surface area (Å²) in [6, 6.07) is 16.0. The van der Waals surface area contributed by atoms with Crippen molar-refractivity contribution < 1.29 is 19.2 Å². The lowest BCUT2D eigenvalue weighted by atomic mass is 10.1. The fraction of sp³-hybridized carbons (Fsp3) is 0.115. The van der Waals surface area contributed by atoms with Crippen molar-refractivity contribution in [1.29, 1.82) is 0 Å². The van der Waals surface area contributed by atoms with Crippen molar-refractivity contribution in [3.63, 3.8) is 0 Å². The minimum atomic E-state index is -0.450. The topological polar surface area (TPSA) is 136 Å². The van der Waals surface area contributed by atoms with E-state index in [1.807, 2.05) is 12.2 Å². The van der Waals surface area contributed by atoms with Crippen molar-refractivity contribution in [3.05, 3.63) is 104 Å². The first-order chi connectivity index (χ1) is 17.4. The van der Waals surface area contributed by atoms with Crippen LogP contribution in [0.25, 0.3) is 16.8 Å². The molecule has 1 heterocycles. The highest BCUT2D eigenvalue weighted by atomic mass is 16.6. The van der Waals surface area contributed by atoms with Crippen LogP contribution in [0.4, 0.5) is 11.4 Å². The molecule has 0 spiro atoms. The second-order valence-corrected chi connectivity index (χ2v) is 7.74. The molecular formula is C26H22N4O6. The van der Waals surface area contributed by atoms with E-state index in [-0.39, 0.29) is 17.2 Å². The predicted octanol–water partition coefficient (Wildman–Crippen LogP) is 4.36. The summed E-state index contributed by atoms with van der Waals surface area (Å²) in [7, 11) is 3.00. The van der Waals surface area contributed by atoms with Crippen LogP contribution in [0.2, 0.25) is 0 Å². The van der Waals surface area contributed by atoms with Crippen LogP contribution in [0.15, 0.2) is 71.5 Å². The molecule has 2 N–H and O–H groups in total. The monoisotopic (exact) mass is 486 g/mol. The highest BCUT2D eigenvalue weighted by Crippen LogP contribution is 2.28. The van der Waals surface area contributed by atoms with Crippen molar-refractivity contribution in [1.82, 2.24) is 10.2 Å². The number of anilines is 1. The lowest BCUT2D eigenvalue weighted by molar-refractivity contribution is -0.384. The normalized spacial score (nSPS) is 10.9. The number of amides is 1. The van der Waals surface area contributed by atoms with Crippen molar-refractivity contribution in [2.24, 2.45) is 0 Å². The van der Waals surface area contributed by atoms with Crippen LogP contribution in [0.5, 0.6) is 11.5 Å². The Balaban J connectivity index is 1.53. The first kappa shape index (κ1) is 24.1. The standard InChI is InChI=1S/C26H22N4O6/c1-35-23-13-8-17(14-24(23)36-2)25(31)27-18-9-12-20-21(15-18)26(32)29-28-22(20)5-3-4-16-6-10-19(11-7-16)30(33)34/h3-4,6-15H,5H2,1-2H3,(H,27,31)(H,29,32). The number of carbonyl (C=O) groups is 1. The Bertz CT molecular complexity index is 1530. The molecule has 0 saturated heterocycles. The van der Waals surface area contributed by atoms with Gasteiger partial charge in [-0.05, 0) is 48.0 Å². The molecule has 0 atom stereocenters. The summed E-state index contributed by atoms with van der Waals surface area (Å²) < 4.78 is 10.4. The van der Waals surface area contributed by atoms with E-state index in [1.165, 1.54) is 26.4 Å². The van der Waals surface area contributed by atoms with Gasteiger partial charge in [-0.2, -0.15) is 5.10 Å². The quantitative estimate of drug-likeness (QED) is 0.279. The van der Waals surface area contributed by atoms with E-state index in [2.05, 4.69) is 15.5 Å². The number of nitrogens with one attached hydrogen (secondary N) is 2. The highest BCUT2D eigenvalue weighted by molar-refractivity contribution is 6.05. The first-order valence-electron chi connectivity index (χ1n) is 10.9. The molecule has 0 aliphatic rings. The predicted molar refractivity (Wildman–Crippen MR) is 136 cm³/mol. The van der Waals surface area contributed by atoms with Crippen LogP contribution >= 0.6 is 0 Å². The number of allylic oxidation sites excluding steroid dienone is 1. The summed E-state index contributed by atoms with van der Waals surface area (Å²) in [5.74, 6) is 0.568. The number of rotatable bonds is 8. The first-order valence-corrected chi connectivity index (χ1v) is 10.9. The lowest BCUT2D eigenvalue weighted by Crippen LogP contribution is -2.14. The average molecular weight is 486 g/mol. The van der Waals surface area contributed by atoms with Gasteiger partial charge in [-0.15, -0.1) is 0 Å².